The van der Waals surface area contributed by atoms with E-state index in [1.807, 2.05) is 30.3 Å². The molecule has 3 heteroatoms. The molecule has 1 aromatic rings. The molecule has 13 heavy (non-hydrogen) atoms. The van der Waals surface area contributed by atoms with E-state index >= 15 is 0 Å². The quantitative estimate of drug-likeness (QED) is 0.342. The Morgan fingerprint density at radius 3 is 2.69 bits per heavy atom. The molecule has 2 nitrogen and oxygen atoms in total. The summed E-state index contributed by atoms with van der Waals surface area (Å²) in [7, 11) is 1.33. The SMILES string of the molecule is COC(=O)C#C[I+]c1ccccc1. The van der Waals surface area contributed by atoms with Crippen molar-refractivity contribution < 1.29 is 30.7 Å². The fraction of sp³-hybridized carbons (Fsp3) is 0.100. The van der Waals surface area contributed by atoms with Crippen LogP contribution in [0.1, 0.15) is 0 Å². The van der Waals surface area contributed by atoms with E-state index in [1.54, 1.807) is 0 Å². The minimum atomic E-state index is -0.462. The van der Waals surface area contributed by atoms with Gasteiger partial charge in [0.15, 0.2) is 0 Å². The second-order valence-electron chi connectivity index (χ2n) is 2.10. The monoisotopic (exact) mass is 287 g/mol. The van der Waals surface area contributed by atoms with E-state index in [4.69, 9.17) is 0 Å². The number of ether oxygens (including phenoxy) is 1. The number of halogens is 1. The van der Waals surface area contributed by atoms with Gasteiger partial charge < -0.3 is 4.74 Å². The molecule has 0 atom stereocenters. The lowest BCUT2D eigenvalue weighted by Crippen LogP contribution is -3.59. The van der Waals surface area contributed by atoms with Crippen LogP contribution >= 0.6 is 0 Å². The van der Waals surface area contributed by atoms with Gasteiger partial charge in [-0.25, -0.2) is 4.79 Å². The fourth-order valence-corrected chi connectivity index (χ4v) is 2.09. The van der Waals surface area contributed by atoms with Gasteiger partial charge in [0.05, 0.1) is 13.0 Å². The molecule has 0 saturated heterocycles. The minimum absolute atomic E-state index is 0.375. The van der Waals surface area contributed by atoms with Crippen LogP contribution in [-0.4, -0.2) is 13.1 Å². The highest BCUT2D eigenvalue weighted by Gasteiger charge is 2.06. The second kappa shape index (κ2) is 5.60. The number of methoxy groups -OCH3 is 1. The predicted molar refractivity (Wildman–Crippen MR) is 44.9 cm³/mol. The zero-order valence-corrected chi connectivity index (χ0v) is 9.24. The average molecular weight is 287 g/mol. The summed E-state index contributed by atoms with van der Waals surface area (Å²) in [5.41, 5.74) is 0. The highest BCUT2D eigenvalue weighted by molar-refractivity contribution is 5.87. The highest BCUT2D eigenvalue weighted by atomic mass is 127. The molecule has 0 unspecified atom stereocenters. The van der Waals surface area contributed by atoms with Crippen molar-refractivity contribution in [2.75, 3.05) is 7.11 Å². The molecule has 66 valence electrons. The zero-order chi connectivity index (χ0) is 9.52. The van der Waals surface area contributed by atoms with Crippen molar-refractivity contribution in [2.24, 2.45) is 0 Å². The molecule has 0 aliphatic carbocycles. The summed E-state index contributed by atoms with van der Waals surface area (Å²) in [6.07, 6.45) is 0. The normalized spacial score (nSPS) is 8.38. The van der Waals surface area contributed by atoms with Gasteiger partial charge in [-0.3, -0.25) is 0 Å². The Bertz CT molecular complexity index is 335. The van der Waals surface area contributed by atoms with Crippen molar-refractivity contribution in [3.05, 3.63) is 33.9 Å². The topological polar surface area (TPSA) is 26.3 Å². The molecule has 1 rings (SSSR count). The first kappa shape index (κ1) is 10.1. The smallest absolute Gasteiger partial charge is 0.420 e. The number of hydrogen-bond donors (Lipinski definition) is 0. The lowest BCUT2D eigenvalue weighted by Gasteiger charge is -1.80. The molecule has 0 heterocycles. The first-order valence-electron chi connectivity index (χ1n) is 3.61. The van der Waals surface area contributed by atoms with Crippen molar-refractivity contribution in [1.29, 1.82) is 0 Å². The second-order valence-corrected chi connectivity index (χ2v) is 4.43. The number of benzene rings is 1. The van der Waals surface area contributed by atoms with E-state index in [0.29, 0.717) is 0 Å². The first-order chi connectivity index (χ1) is 6.33. The Morgan fingerprint density at radius 2 is 2.08 bits per heavy atom. The first-order valence-corrected chi connectivity index (χ1v) is 5.76. The molecule has 0 saturated carbocycles. The largest absolute Gasteiger partial charge is 0.459 e. The Hall–Kier alpha value is -1.02. The summed E-state index contributed by atoms with van der Waals surface area (Å²) in [6.45, 7) is 0. The summed E-state index contributed by atoms with van der Waals surface area (Å²) in [5, 5.41) is 0. The van der Waals surface area contributed by atoms with Crippen molar-refractivity contribution >= 4 is 5.97 Å². The van der Waals surface area contributed by atoms with Crippen molar-refractivity contribution in [2.45, 2.75) is 0 Å². The number of hydrogen-bond acceptors (Lipinski definition) is 2. The van der Waals surface area contributed by atoms with Crippen LogP contribution in [0.4, 0.5) is 0 Å². The van der Waals surface area contributed by atoms with Crippen LogP contribution in [0.3, 0.4) is 0 Å². The van der Waals surface area contributed by atoms with Gasteiger partial charge in [0.25, 0.3) is 0 Å². The lowest BCUT2D eigenvalue weighted by atomic mass is 10.4. The fourth-order valence-electron chi connectivity index (χ4n) is 0.645. The van der Waals surface area contributed by atoms with E-state index in [1.165, 1.54) is 10.7 Å². The van der Waals surface area contributed by atoms with Gasteiger partial charge in [-0.05, 0) is 12.1 Å². The van der Waals surface area contributed by atoms with Crippen molar-refractivity contribution in [3.63, 3.8) is 0 Å². The molecule has 0 amide bonds. The van der Waals surface area contributed by atoms with Gasteiger partial charge in [0.2, 0.25) is 7.50 Å². The highest BCUT2D eigenvalue weighted by Crippen LogP contribution is 1.81. The molecule has 0 aromatic heterocycles. The molecule has 0 spiro atoms. The molecular weight excluding hydrogens is 279 g/mol. The third-order valence-electron chi connectivity index (χ3n) is 1.22. The Labute approximate surface area is 87.6 Å². The Balaban J connectivity index is 2.51. The zero-order valence-electron chi connectivity index (χ0n) is 7.08. The molecule has 0 aliphatic heterocycles. The summed E-state index contributed by atoms with van der Waals surface area (Å²) >= 11 is -0.375. The molecular formula is C10H8IO2+. The molecule has 0 N–H and O–H groups in total. The van der Waals surface area contributed by atoms with Crippen LogP contribution in [0, 0.1) is 13.4 Å². The number of carbonyl (C=O) groups excluding carboxylic acids is 1. The molecule has 0 radical (unpaired) electrons. The van der Waals surface area contributed by atoms with Gasteiger partial charge in [0, 0.05) is 0 Å². The van der Waals surface area contributed by atoms with Crippen molar-refractivity contribution in [3.8, 4) is 9.85 Å². The van der Waals surface area contributed by atoms with Crippen LogP contribution < -0.4 is 21.2 Å². The van der Waals surface area contributed by atoms with Crippen LogP contribution in [0.15, 0.2) is 30.3 Å². The number of esters is 1. The van der Waals surface area contributed by atoms with E-state index in [9.17, 15) is 4.79 Å². The van der Waals surface area contributed by atoms with Gasteiger partial charge in [-0.15, -0.1) is 0 Å². The maximum atomic E-state index is 10.6. The third kappa shape index (κ3) is 3.95. The van der Waals surface area contributed by atoms with E-state index in [2.05, 4.69) is 14.6 Å². The summed E-state index contributed by atoms with van der Waals surface area (Å²) in [4.78, 5) is 10.6. The van der Waals surface area contributed by atoms with Crippen molar-refractivity contribution in [1.82, 2.24) is 0 Å². The number of rotatable bonds is 1. The number of carbonyl (C=O) groups is 1. The minimum Gasteiger partial charge on any atom is -0.459 e. The average Bonchev–Trinajstić information content (AvgIpc) is 2.19. The Morgan fingerprint density at radius 1 is 1.38 bits per heavy atom. The van der Waals surface area contributed by atoms with E-state index in [-0.39, 0.29) is 21.2 Å². The van der Waals surface area contributed by atoms with Gasteiger partial charge in [-0.2, -0.15) is 0 Å². The predicted octanol–water partition coefficient (Wildman–Crippen LogP) is -1.92. The maximum Gasteiger partial charge on any atom is 0.420 e. The van der Waals surface area contributed by atoms with Crippen LogP contribution in [0.2, 0.25) is 0 Å². The standard InChI is InChI=1S/C10H8IO2/c1-13-10(12)7-8-11-9-5-3-2-4-6-9/h2-6H,1H3/q+1. The Kier molecular flexibility index (Phi) is 4.33. The van der Waals surface area contributed by atoms with Crippen LogP contribution in [0.5, 0.6) is 0 Å². The third-order valence-corrected chi connectivity index (χ3v) is 3.11. The van der Waals surface area contributed by atoms with E-state index < -0.39 is 5.97 Å². The summed E-state index contributed by atoms with van der Waals surface area (Å²) in [6, 6.07) is 9.92. The molecule has 0 bridgehead atoms. The van der Waals surface area contributed by atoms with Gasteiger partial charge >= 0.3 is 27.2 Å². The lowest BCUT2D eigenvalue weighted by molar-refractivity contribution is -0.535. The molecule has 0 fully saturated rings. The molecule has 0 aliphatic rings. The van der Waals surface area contributed by atoms with Crippen LogP contribution in [-0.2, 0) is 9.53 Å². The summed E-state index contributed by atoms with van der Waals surface area (Å²) in [5.74, 6) is 1.96. The van der Waals surface area contributed by atoms with Gasteiger partial charge in [-0.1, -0.05) is 18.2 Å². The van der Waals surface area contributed by atoms with Crippen LogP contribution in [0.25, 0.3) is 0 Å². The maximum absolute atomic E-state index is 10.6. The van der Waals surface area contributed by atoms with Gasteiger partial charge in [0.1, 0.15) is 0 Å². The van der Waals surface area contributed by atoms with E-state index in [0.717, 1.165) is 0 Å². The molecule has 1 aromatic carbocycles. The summed E-state index contributed by atoms with van der Waals surface area (Å²) < 4.78 is 8.44.